The van der Waals surface area contributed by atoms with Crippen molar-refractivity contribution in [3.63, 3.8) is 0 Å². The van der Waals surface area contributed by atoms with Gasteiger partial charge in [-0.1, -0.05) is 20.8 Å². The first-order valence-corrected chi connectivity index (χ1v) is 3.97. The van der Waals surface area contributed by atoms with E-state index in [1.54, 1.807) is 0 Å². The minimum Gasteiger partial charge on any atom is -0.481 e. The summed E-state index contributed by atoms with van der Waals surface area (Å²) in [5.74, 6) is -1.34. The lowest BCUT2D eigenvalue weighted by molar-refractivity contribution is -0.142. The molecule has 0 spiro atoms. The maximum Gasteiger partial charge on any atom is 0.304 e. The first-order chi connectivity index (χ1) is 5.25. The lowest BCUT2D eigenvalue weighted by Crippen LogP contribution is -2.29. The molecule has 0 aromatic heterocycles. The van der Waals surface area contributed by atoms with E-state index < -0.39 is 5.97 Å². The molecule has 0 aliphatic carbocycles. The van der Waals surface area contributed by atoms with Crippen LogP contribution < -0.4 is 0 Å². The van der Waals surface area contributed by atoms with Gasteiger partial charge in [0.1, 0.15) is 5.78 Å². The quantitative estimate of drug-likeness (QED) is 0.705. The van der Waals surface area contributed by atoms with Crippen LogP contribution in [-0.4, -0.2) is 16.9 Å². The molecule has 12 heavy (non-hydrogen) atoms. The SMILES string of the molecule is CC(=O)[C@H](CC(=O)O)C(C)(C)C. The molecule has 0 unspecified atom stereocenters. The van der Waals surface area contributed by atoms with Gasteiger partial charge in [0.05, 0.1) is 6.42 Å². The van der Waals surface area contributed by atoms with Crippen LogP contribution in [0.4, 0.5) is 0 Å². The fourth-order valence-corrected chi connectivity index (χ4v) is 1.23. The molecule has 0 amide bonds. The number of aliphatic carboxylic acids is 1. The van der Waals surface area contributed by atoms with Gasteiger partial charge >= 0.3 is 5.97 Å². The molecular weight excluding hydrogens is 156 g/mol. The Balaban J connectivity index is 4.46. The molecule has 0 bridgehead atoms. The predicted octanol–water partition coefficient (Wildman–Crippen LogP) is 1.71. The van der Waals surface area contributed by atoms with Gasteiger partial charge in [-0.2, -0.15) is 0 Å². The average molecular weight is 172 g/mol. The molecule has 0 radical (unpaired) electrons. The second-order valence-corrected chi connectivity index (χ2v) is 4.13. The van der Waals surface area contributed by atoms with Crippen LogP contribution in [0.25, 0.3) is 0 Å². The molecule has 0 rings (SSSR count). The molecule has 1 atom stereocenters. The number of carboxylic acid groups (broad SMARTS) is 1. The van der Waals surface area contributed by atoms with Gasteiger partial charge in [0.25, 0.3) is 0 Å². The summed E-state index contributed by atoms with van der Waals surface area (Å²) in [4.78, 5) is 21.5. The highest BCUT2D eigenvalue weighted by molar-refractivity contribution is 5.83. The minimum absolute atomic E-state index is 0.0510. The first kappa shape index (κ1) is 11.1. The van der Waals surface area contributed by atoms with E-state index >= 15 is 0 Å². The summed E-state index contributed by atoms with van der Waals surface area (Å²) in [7, 11) is 0. The molecule has 3 nitrogen and oxygen atoms in total. The van der Waals surface area contributed by atoms with Crippen molar-refractivity contribution >= 4 is 11.8 Å². The van der Waals surface area contributed by atoms with Crippen LogP contribution in [0.5, 0.6) is 0 Å². The van der Waals surface area contributed by atoms with E-state index in [0.717, 1.165) is 0 Å². The Morgan fingerprint density at radius 1 is 1.33 bits per heavy atom. The number of Topliss-reactive ketones (excluding diaryl/α,β-unsaturated/α-hetero) is 1. The molecule has 1 N–H and O–H groups in total. The Morgan fingerprint density at radius 3 is 1.83 bits per heavy atom. The van der Waals surface area contributed by atoms with Crippen LogP contribution >= 0.6 is 0 Å². The van der Waals surface area contributed by atoms with Crippen molar-refractivity contribution in [2.75, 3.05) is 0 Å². The van der Waals surface area contributed by atoms with E-state index in [1.807, 2.05) is 20.8 Å². The van der Waals surface area contributed by atoms with E-state index in [4.69, 9.17) is 5.11 Å². The number of hydrogen-bond donors (Lipinski definition) is 1. The molecule has 0 saturated heterocycles. The van der Waals surface area contributed by atoms with Gasteiger partial charge in [-0.05, 0) is 12.3 Å². The summed E-state index contributed by atoms with van der Waals surface area (Å²) in [6.07, 6.45) is -0.0706. The van der Waals surface area contributed by atoms with Crippen LogP contribution in [0.15, 0.2) is 0 Å². The van der Waals surface area contributed by atoms with E-state index in [0.29, 0.717) is 0 Å². The van der Waals surface area contributed by atoms with Crippen LogP contribution in [0, 0.1) is 11.3 Å². The molecule has 3 heteroatoms. The second-order valence-electron chi connectivity index (χ2n) is 4.13. The number of hydrogen-bond acceptors (Lipinski definition) is 2. The molecule has 0 aromatic carbocycles. The van der Waals surface area contributed by atoms with Gasteiger partial charge in [-0.3, -0.25) is 9.59 Å². The Kier molecular flexibility index (Phi) is 3.43. The standard InChI is InChI=1S/C9H16O3/c1-6(10)7(5-8(11)12)9(2,3)4/h7H,5H2,1-4H3,(H,11,12)/t7-/m0/s1. The highest BCUT2D eigenvalue weighted by Gasteiger charge is 2.30. The van der Waals surface area contributed by atoms with Crippen molar-refractivity contribution in [1.29, 1.82) is 0 Å². The molecule has 0 fully saturated rings. The molecule has 0 aliphatic rings. The number of carbonyl (C=O) groups excluding carboxylic acids is 1. The molecule has 70 valence electrons. The Bertz CT molecular complexity index is 188. The molecule has 0 saturated carbocycles. The Hall–Kier alpha value is -0.860. The molecule has 0 heterocycles. The first-order valence-electron chi connectivity index (χ1n) is 3.97. The lowest BCUT2D eigenvalue weighted by Gasteiger charge is -2.26. The summed E-state index contributed by atoms with van der Waals surface area (Å²) >= 11 is 0. The van der Waals surface area contributed by atoms with Gasteiger partial charge in [0, 0.05) is 5.92 Å². The van der Waals surface area contributed by atoms with Gasteiger partial charge in [0.15, 0.2) is 0 Å². The third kappa shape index (κ3) is 3.51. The number of ketones is 1. The fourth-order valence-electron chi connectivity index (χ4n) is 1.23. The Labute approximate surface area is 72.8 Å². The Morgan fingerprint density at radius 2 is 1.75 bits per heavy atom. The summed E-state index contributed by atoms with van der Waals surface area (Å²) in [6, 6.07) is 0. The van der Waals surface area contributed by atoms with Crippen LogP contribution in [0.2, 0.25) is 0 Å². The fraction of sp³-hybridized carbons (Fsp3) is 0.778. The van der Waals surface area contributed by atoms with E-state index in [9.17, 15) is 9.59 Å². The van der Waals surface area contributed by atoms with Crippen molar-refractivity contribution in [2.45, 2.75) is 34.1 Å². The maximum absolute atomic E-state index is 11.1. The van der Waals surface area contributed by atoms with Crippen molar-refractivity contribution in [2.24, 2.45) is 11.3 Å². The zero-order chi connectivity index (χ0) is 9.94. The smallest absolute Gasteiger partial charge is 0.304 e. The second kappa shape index (κ2) is 3.70. The van der Waals surface area contributed by atoms with Gasteiger partial charge in [0.2, 0.25) is 0 Å². The highest BCUT2D eigenvalue weighted by atomic mass is 16.4. The zero-order valence-corrected chi connectivity index (χ0v) is 8.05. The van der Waals surface area contributed by atoms with Gasteiger partial charge in [-0.25, -0.2) is 0 Å². The van der Waals surface area contributed by atoms with Gasteiger partial charge < -0.3 is 5.11 Å². The van der Waals surface area contributed by atoms with Crippen LogP contribution in [0.3, 0.4) is 0 Å². The summed E-state index contributed by atoms with van der Waals surface area (Å²) < 4.78 is 0. The summed E-state index contributed by atoms with van der Waals surface area (Å²) in [5.41, 5.74) is -0.260. The highest BCUT2D eigenvalue weighted by Crippen LogP contribution is 2.29. The lowest BCUT2D eigenvalue weighted by atomic mass is 9.76. The topological polar surface area (TPSA) is 54.4 Å². The van der Waals surface area contributed by atoms with E-state index in [2.05, 4.69) is 0 Å². The summed E-state index contributed by atoms with van der Waals surface area (Å²) in [5, 5.41) is 8.54. The summed E-state index contributed by atoms with van der Waals surface area (Å²) in [6.45, 7) is 7.07. The third-order valence-electron chi connectivity index (χ3n) is 1.91. The van der Waals surface area contributed by atoms with E-state index in [1.165, 1.54) is 6.92 Å². The van der Waals surface area contributed by atoms with Crippen molar-refractivity contribution in [3.05, 3.63) is 0 Å². The average Bonchev–Trinajstić information content (AvgIpc) is 1.79. The van der Waals surface area contributed by atoms with Crippen molar-refractivity contribution < 1.29 is 14.7 Å². The third-order valence-corrected chi connectivity index (χ3v) is 1.91. The van der Waals surface area contributed by atoms with Crippen molar-refractivity contribution in [3.8, 4) is 0 Å². The molecule has 0 aliphatic heterocycles. The number of carbonyl (C=O) groups is 2. The monoisotopic (exact) mass is 172 g/mol. The number of carboxylic acids is 1. The maximum atomic E-state index is 11.1. The van der Waals surface area contributed by atoms with Gasteiger partial charge in [-0.15, -0.1) is 0 Å². The number of rotatable bonds is 3. The molecule has 0 aromatic rings. The van der Waals surface area contributed by atoms with E-state index in [-0.39, 0.29) is 23.5 Å². The van der Waals surface area contributed by atoms with Crippen LogP contribution in [-0.2, 0) is 9.59 Å². The van der Waals surface area contributed by atoms with Crippen molar-refractivity contribution in [1.82, 2.24) is 0 Å². The van der Waals surface area contributed by atoms with Crippen LogP contribution in [0.1, 0.15) is 34.1 Å². The zero-order valence-electron chi connectivity index (χ0n) is 8.05. The minimum atomic E-state index is -0.912. The normalized spacial score (nSPS) is 14.0. The molecular formula is C9H16O3. The predicted molar refractivity (Wildman–Crippen MR) is 45.9 cm³/mol. The largest absolute Gasteiger partial charge is 0.481 e.